The minimum absolute atomic E-state index is 0. The van der Waals surface area contributed by atoms with Crippen LogP contribution in [-0.4, -0.2) is 69.5 Å². The van der Waals surface area contributed by atoms with Gasteiger partial charge in [0, 0.05) is 32.1 Å². The first-order valence-electron chi connectivity index (χ1n) is 6.20. The summed E-state index contributed by atoms with van der Waals surface area (Å²) in [5, 5.41) is 5.74. The van der Waals surface area contributed by atoms with Crippen molar-refractivity contribution in [2.45, 2.75) is 18.6 Å². The fourth-order valence-corrected chi connectivity index (χ4v) is 1.82. The first-order chi connectivity index (χ1) is 8.87. The minimum Gasteiger partial charge on any atom is -0.378 e. The first-order valence-corrected chi connectivity index (χ1v) is 6.20. The molecular formula is C11H22Cl2F3N3O2. The van der Waals surface area contributed by atoms with Crippen molar-refractivity contribution in [1.29, 1.82) is 0 Å². The van der Waals surface area contributed by atoms with E-state index in [-0.39, 0.29) is 56.3 Å². The number of nitrogens with one attached hydrogen (secondary N) is 2. The Kier molecular flexibility index (Phi) is 12.4. The van der Waals surface area contributed by atoms with Crippen molar-refractivity contribution >= 4 is 30.7 Å². The third-order valence-electron chi connectivity index (χ3n) is 2.70. The van der Waals surface area contributed by atoms with Crippen LogP contribution >= 0.6 is 24.8 Å². The van der Waals surface area contributed by atoms with E-state index < -0.39 is 12.7 Å². The minimum atomic E-state index is -4.21. The molecule has 10 heteroatoms. The van der Waals surface area contributed by atoms with Gasteiger partial charge in [-0.3, -0.25) is 9.69 Å². The summed E-state index contributed by atoms with van der Waals surface area (Å²) in [5.74, 6) is -0.177. The third-order valence-corrected chi connectivity index (χ3v) is 2.70. The van der Waals surface area contributed by atoms with E-state index >= 15 is 0 Å². The van der Waals surface area contributed by atoms with Gasteiger partial charge in [0.1, 0.15) is 0 Å². The summed E-state index contributed by atoms with van der Waals surface area (Å²) in [7, 11) is 1.37. The highest BCUT2D eigenvalue weighted by atomic mass is 35.5. The number of hydrogen-bond donors (Lipinski definition) is 2. The standard InChI is InChI=1S/C11H20F3N3O2.2ClH/c1-17(8-11(12,13)14)4-2-16-10(18)6-9-7-19-5-3-15-9;;/h9,15H,2-8H2,1H3,(H,16,18);2*1H. The quantitative estimate of drug-likeness (QED) is 0.740. The van der Waals surface area contributed by atoms with Crippen LogP contribution in [0.4, 0.5) is 13.2 Å². The molecule has 1 aliphatic rings. The topological polar surface area (TPSA) is 53.6 Å². The lowest BCUT2D eigenvalue weighted by Gasteiger charge is -2.23. The Morgan fingerprint density at radius 2 is 2.10 bits per heavy atom. The number of likely N-dealkylation sites (N-methyl/N-ethyl adjacent to an activating group) is 1. The number of ether oxygens (including phenoxy) is 1. The molecule has 1 amide bonds. The van der Waals surface area contributed by atoms with E-state index in [4.69, 9.17) is 4.74 Å². The molecule has 21 heavy (non-hydrogen) atoms. The summed E-state index contributed by atoms with van der Waals surface area (Å²) in [6, 6.07) is -0.0124. The Bertz CT molecular complexity index is 290. The van der Waals surface area contributed by atoms with Crippen LogP contribution in [-0.2, 0) is 9.53 Å². The molecule has 1 atom stereocenters. The molecule has 0 aromatic carbocycles. The van der Waals surface area contributed by atoms with E-state index in [1.807, 2.05) is 0 Å². The molecule has 5 nitrogen and oxygen atoms in total. The van der Waals surface area contributed by atoms with E-state index in [0.29, 0.717) is 19.8 Å². The van der Waals surface area contributed by atoms with Crippen LogP contribution in [0.1, 0.15) is 6.42 Å². The fourth-order valence-electron chi connectivity index (χ4n) is 1.82. The molecule has 0 aromatic heterocycles. The van der Waals surface area contributed by atoms with E-state index in [2.05, 4.69) is 10.6 Å². The maximum Gasteiger partial charge on any atom is 0.401 e. The number of carbonyl (C=O) groups is 1. The van der Waals surface area contributed by atoms with Gasteiger partial charge in [-0.1, -0.05) is 0 Å². The number of carbonyl (C=O) groups excluding carboxylic acids is 1. The van der Waals surface area contributed by atoms with Crippen molar-refractivity contribution in [3.8, 4) is 0 Å². The van der Waals surface area contributed by atoms with E-state index in [1.54, 1.807) is 0 Å². The lowest BCUT2D eigenvalue weighted by atomic mass is 10.2. The number of rotatable bonds is 6. The van der Waals surface area contributed by atoms with Crippen molar-refractivity contribution < 1.29 is 22.7 Å². The van der Waals surface area contributed by atoms with Crippen molar-refractivity contribution in [2.24, 2.45) is 0 Å². The Labute approximate surface area is 134 Å². The molecule has 1 fully saturated rings. The van der Waals surface area contributed by atoms with Crippen LogP contribution in [0.5, 0.6) is 0 Å². The van der Waals surface area contributed by atoms with Crippen molar-refractivity contribution in [2.75, 3.05) is 46.4 Å². The highest BCUT2D eigenvalue weighted by Gasteiger charge is 2.28. The monoisotopic (exact) mass is 355 g/mol. The van der Waals surface area contributed by atoms with Gasteiger partial charge in [-0.15, -0.1) is 24.8 Å². The molecule has 2 N–H and O–H groups in total. The van der Waals surface area contributed by atoms with E-state index in [0.717, 1.165) is 4.90 Å². The maximum absolute atomic E-state index is 12.0. The molecule has 1 rings (SSSR count). The van der Waals surface area contributed by atoms with Gasteiger partial charge in [0.05, 0.1) is 19.8 Å². The summed E-state index contributed by atoms with van der Waals surface area (Å²) < 4.78 is 41.4. The normalized spacial score (nSPS) is 18.6. The predicted molar refractivity (Wildman–Crippen MR) is 78.3 cm³/mol. The van der Waals surface area contributed by atoms with Gasteiger partial charge >= 0.3 is 6.18 Å². The summed E-state index contributed by atoms with van der Waals surface area (Å²) in [4.78, 5) is 12.7. The average Bonchev–Trinajstić information content (AvgIpc) is 2.27. The van der Waals surface area contributed by atoms with E-state index in [9.17, 15) is 18.0 Å². The first kappa shape index (κ1) is 23.0. The predicted octanol–water partition coefficient (Wildman–Crippen LogP) is 0.819. The van der Waals surface area contributed by atoms with Gasteiger partial charge in [0.25, 0.3) is 0 Å². The van der Waals surface area contributed by atoms with Gasteiger partial charge < -0.3 is 15.4 Å². The van der Waals surface area contributed by atoms with Crippen LogP contribution < -0.4 is 10.6 Å². The van der Waals surface area contributed by atoms with Gasteiger partial charge in [-0.2, -0.15) is 13.2 Å². The lowest BCUT2D eigenvalue weighted by molar-refractivity contribution is -0.142. The average molecular weight is 356 g/mol. The van der Waals surface area contributed by atoms with Crippen LogP contribution in [0.3, 0.4) is 0 Å². The Hall–Kier alpha value is -0.280. The molecule has 1 heterocycles. The van der Waals surface area contributed by atoms with Crippen molar-refractivity contribution in [3.05, 3.63) is 0 Å². The van der Waals surface area contributed by atoms with Crippen LogP contribution in [0.2, 0.25) is 0 Å². The number of alkyl halides is 3. The zero-order chi connectivity index (χ0) is 14.3. The number of halogens is 5. The van der Waals surface area contributed by atoms with Crippen molar-refractivity contribution in [1.82, 2.24) is 15.5 Å². The molecule has 1 unspecified atom stereocenters. The maximum atomic E-state index is 12.0. The Morgan fingerprint density at radius 3 is 2.62 bits per heavy atom. The molecule has 0 bridgehead atoms. The Morgan fingerprint density at radius 1 is 1.43 bits per heavy atom. The van der Waals surface area contributed by atoms with Crippen LogP contribution in [0.15, 0.2) is 0 Å². The molecule has 0 saturated carbocycles. The molecule has 0 aliphatic carbocycles. The molecule has 0 radical (unpaired) electrons. The second-order valence-electron chi connectivity index (χ2n) is 4.63. The second-order valence-corrected chi connectivity index (χ2v) is 4.63. The fraction of sp³-hybridized carbons (Fsp3) is 0.909. The summed E-state index contributed by atoms with van der Waals surface area (Å²) >= 11 is 0. The van der Waals surface area contributed by atoms with Crippen LogP contribution in [0.25, 0.3) is 0 Å². The number of morpholine rings is 1. The Balaban J connectivity index is 0. The molecule has 0 aromatic rings. The van der Waals surface area contributed by atoms with E-state index in [1.165, 1.54) is 7.05 Å². The summed E-state index contributed by atoms with van der Waals surface area (Å²) in [5.41, 5.74) is 0. The number of nitrogens with zero attached hydrogens (tertiary/aromatic N) is 1. The lowest BCUT2D eigenvalue weighted by Crippen LogP contribution is -2.45. The SMILES string of the molecule is CN(CCNC(=O)CC1COCCN1)CC(F)(F)F.Cl.Cl. The third kappa shape index (κ3) is 12.0. The highest BCUT2D eigenvalue weighted by Crippen LogP contribution is 2.14. The molecule has 0 spiro atoms. The van der Waals surface area contributed by atoms with Gasteiger partial charge in [0.2, 0.25) is 5.91 Å². The van der Waals surface area contributed by atoms with Gasteiger partial charge in [-0.05, 0) is 7.05 Å². The smallest absolute Gasteiger partial charge is 0.378 e. The summed E-state index contributed by atoms with van der Waals surface area (Å²) in [6.07, 6.45) is -3.93. The summed E-state index contributed by atoms with van der Waals surface area (Å²) in [6.45, 7) is 1.24. The molecule has 1 saturated heterocycles. The zero-order valence-corrected chi connectivity index (χ0v) is 13.4. The molecular weight excluding hydrogens is 334 g/mol. The van der Waals surface area contributed by atoms with Gasteiger partial charge in [0.15, 0.2) is 0 Å². The number of amides is 1. The second kappa shape index (κ2) is 11.3. The molecule has 1 aliphatic heterocycles. The largest absolute Gasteiger partial charge is 0.401 e. The van der Waals surface area contributed by atoms with Crippen LogP contribution in [0, 0.1) is 0 Å². The molecule has 128 valence electrons. The van der Waals surface area contributed by atoms with Gasteiger partial charge in [-0.25, -0.2) is 0 Å². The number of hydrogen-bond acceptors (Lipinski definition) is 4. The highest BCUT2D eigenvalue weighted by molar-refractivity contribution is 5.85. The van der Waals surface area contributed by atoms with Crippen molar-refractivity contribution in [3.63, 3.8) is 0 Å². The zero-order valence-electron chi connectivity index (χ0n) is 11.7.